The van der Waals surface area contributed by atoms with Crippen molar-refractivity contribution in [3.63, 3.8) is 0 Å². The third-order valence-electron chi connectivity index (χ3n) is 4.12. The first-order valence-corrected chi connectivity index (χ1v) is 9.56. The van der Waals surface area contributed by atoms with Crippen LogP contribution in [0.3, 0.4) is 0 Å². The van der Waals surface area contributed by atoms with Crippen LogP contribution in [-0.2, 0) is 11.2 Å². The zero-order valence-electron chi connectivity index (χ0n) is 13.8. The number of carbonyl (C=O) groups excluding carboxylic acids is 1. The van der Waals surface area contributed by atoms with E-state index < -0.39 is 11.9 Å². The second-order valence-electron chi connectivity index (χ2n) is 5.57. The molecule has 1 atom stereocenters. The molecule has 0 saturated carbocycles. The van der Waals surface area contributed by atoms with E-state index in [2.05, 4.69) is 4.98 Å². The normalized spacial score (nSPS) is 12.6. The number of carbonyl (C=O) groups is 1. The van der Waals surface area contributed by atoms with E-state index in [0.717, 1.165) is 20.1 Å². The van der Waals surface area contributed by atoms with Gasteiger partial charge in [0.2, 0.25) is 5.91 Å². The molecule has 0 bridgehead atoms. The van der Waals surface area contributed by atoms with Crippen molar-refractivity contribution < 1.29 is 4.79 Å². The summed E-state index contributed by atoms with van der Waals surface area (Å²) in [5.74, 6) is 0.109. The van der Waals surface area contributed by atoms with E-state index in [0.29, 0.717) is 24.1 Å². The number of fused-ring (bicyclic) bond motifs is 1. The molecule has 3 rings (SSSR count). The summed E-state index contributed by atoms with van der Waals surface area (Å²) in [5, 5.41) is 2.58. The van der Waals surface area contributed by atoms with Crippen LogP contribution < -0.4 is 11.3 Å². The van der Waals surface area contributed by atoms with E-state index in [1.54, 1.807) is 11.3 Å². The van der Waals surface area contributed by atoms with Crippen LogP contribution in [0.15, 0.2) is 22.3 Å². The van der Waals surface area contributed by atoms with Gasteiger partial charge in [0.25, 0.3) is 5.56 Å². The van der Waals surface area contributed by atoms with Gasteiger partial charge in [-0.3, -0.25) is 14.2 Å². The topological polar surface area (TPSA) is 78.0 Å². The lowest BCUT2D eigenvalue weighted by atomic mass is 10.1. The molecule has 3 aromatic rings. The highest BCUT2D eigenvalue weighted by molar-refractivity contribution is 7.20. The molecule has 0 fully saturated rings. The third kappa shape index (κ3) is 2.57. The molecule has 7 heteroatoms. The smallest absolute Gasteiger partial charge is 0.263 e. The molecule has 126 valence electrons. The molecule has 5 nitrogen and oxygen atoms in total. The third-order valence-corrected chi connectivity index (χ3v) is 6.00. The zero-order valence-corrected chi connectivity index (χ0v) is 15.5. The average Bonchev–Trinajstić information content (AvgIpc) is 3.16. The number of aryl methyl sites for hydroxylation is 2. The summed E-state index contributed by atoms with van der Waals surface area (Å²) in [6.45, 7) is 5.78. The molecule has 3 heterocycles. The van der Waals surface area contributed by atoms with Gasteiger partial charge in [-0.15, -0.1) is 22.7 Å². The van der Waals surface area contributed by atoms with Crippen LogP contribution in [0.1, 0.15) is 37.0 Å². The molecule has 0 radical (unpaired) electrons. The maximum absolute atomic E-state index is 13.3. The Bertz CT molecular complexity index is 955. The van der Waals surface area contributed by atoms with Crippen molar-refractivity contribution in [1.29, 1.82) is 0 Å². The predicted molar refractivity (Wildman–Crippen MR) is 99.8 cm³/mol. The number of primary amides is 1. The van der Waals surface area contributed by atoms with Crippen LogP contribution in [-0.4, -0.2) is 15.5 Å². The van der Waals surface area contributed by atoms with Crippen molar-refractivity contribution >= 4 is 38.8 Å². The summed E-state index contributed by atoms with van der Waals surface area (Å²) < 4.78 is 1.49. The summed E-state index contributed by atoms with van der Waals surface area (Å²) in [4.78, 5) is 32.6. The van der Waals surface area contributed by atoms with Crippen molar-refractivity contribution in [3.05, 3.63) is 38.6 Å². The predicted octanol–water partition coefficient (Wildman–Crippen LogP) is 3.49. The second kappa shape index (κ2) is 6.49. The molecular weight excluding hydrogens is 342 g/mol. The molecule has 0 aliphatic carbocycles. The Balaban J connectivity index is 2.41. The maximum atomic E-state index is 13.3. The van der Waals surface area contributed by atoms with Gasteiger partial charge in [-0.1, -0.05) is 19.9 Å². The van der Waals surface area contributed by atoms with Crippen molar-refractivity contribution in [2.24, 2.45) is 5.73 Å². The lowest BCUT2D eigenvalue weighted by Crippen LogP contribution is -2.36. The molecule has 0 aromatic carbocycles. The number of hydrogen-bond donors (Lipinski definition) is 1. The van der Waals surface area contributed by atoms with Gasteiger partial charge in [0, 0.05) is 21.7 Å². The van der Waals surface area contributed by atoms with Crippen LogP contribution in [0.2, 0.25) is 0 Å². The van der Waals surface area contributed by atoms with Crippen molar-refractivity contribution in [3.8, 4) is 10.4 Å². The fourth-order valence-electron chi connectivity index (χ4n) is 3.02. The average molecular weight is 361 g/mol. The Hall–Kier alpha value is -1.99. The molecule has 2 N–H and O–H groups in total. The highest BCUT2D eigenvalue weighted by atomic mass is 32.1. The number of thiophene rings is 2. The van der Waals surface area contributed by atoms with E-state index in [9.17, 15) is 9.59 Å². The molecule has 3 aromatic heterocycles. The largest absolute Gasteiger partial charge is 0.368 e. The molecule has 1 amide bonds. The van der Waals surface area contributed by atoms with Crippen molar-refractivity contribution in [2.45, 2.75) is 39.7 Å². The van der Waals surface area contributed by atoms with E-state index >= 15 is 0 Å². The van der Waals surface area contributed by atoms with Crippen molar-refractivity contribution in [2.75, 3.05) is 0 Å². The molecule has 0 saturated heterocycles. The molecule has 1 unspecified atom stereocenters. The highest BCUT2D eigenvalue weighted by Crippen LogP contribution is 2.38. The van der Waals surface area contributed by atoms with Gasteiger partial charge in [0.1, 0.15) is 16.7 Å². The monoisotopic (exact) mass is 361 g/mol. The first-order chi connectivity index (χ1) is 11.5. The number of nitrogens with zero attached hydrogens (tertiary/aromatic N) is 2. The van der Waals surface area contributed by atoms with E-state index in [1.807, 2.05) is 38.3 Å². The van der Waals surface area contributed by atoms with Crippen LogP contribution in [0.25, 0.3) is 20.7 Å². The second-order valence-corrected chi connectivity index (χ2v) is 7.72. The van der Waals surface area contributed by atoms with Crippen molar-refractivity contribution in [1.82, 2.24) is 9.55 Å². The summed E-state index contributed by atoms with van der Waals surface area (Å²) >= 11 is 3.12. The van der Waals surface area contributed by atoms with Crippen LogP contribution in [0.5, 0.6) is 0 Å². The molecule has 0 spiro atoms. The molecule has 0 aliphatic rings. The Morgan fingerprint density at radius 3 is 2.71 bits per heavy atom. The summed E-state index contributed by atoms with van der Waals surface area (Å²) in [6, 6.07) is 3.30. The first-order valence-electron chi connectivity index (χ1n) is 7.87. The number of amides is 1. The number of hydrogen-bond acceptors (Lipinski definition) is 5. The minimum Gasteiger partial charge on any atom is -0.368 e. The molecular formula is C17H19N3O2S2. The number of aromatic nitrogens is 2. The zero-order chi connectivity index (χ0) is 17.4. The molecule has 24 heavy (non-hydrogen) atoms. The van der Waals surface area contributed by atoms with E-state index in [-0.39, 0.29) is 5.56 Å². The maximum Gasteiger partial charge on any atom is 0.263 e. The van der Waals surface area contributed by atoms with Crippen LogP contribution in [0, 0.1) is 6.92 Å². The lowest BCUT2D eigenvalue weighted by Gasteiger charge is -2.18. The van der Waals surface area contributed by atoms with Gasteiger partial charge in [0.15, 0.2) is 0 Å². The summed E-state index contributed by atoms with van der Waals surface area (Å²) in [6.07, 6.45) is 1.03. The van der Waals surface area contributed by atoms with Crippen LogP contribution in [0.4, 0.5) is 0 Å². The number of nitrogens with two attached hydrogens (primary N) is 1. The highest BCUT2D eigenvalue weighted by Gasteiger charge is 2.25. The number of rotatable bonds is 5. The Morgan fingerprint density at radius 2 is 2.17 bits per heavy atom. The van der Waals surface area contributed by atoms with E-state index in [4.69, 9.17) is 5.73 Å². The fourth-order valence-corrected chi connectivity index (χ4v) is 4.96. The minimum atomic E-state index is -0.666. The Labute approximate surface area is 147 Å². The van der Waals surface area contributed by atoms with Gasteiger partial charge in [-0.05, 0) is 24.8 Å². The summed E-state index contributed by atoms with van der Waals surface area (Å²) in [7, 11) is 0. The first kappa shape index (κ1) is 16.9. The quantitative estimate of drug-likeness (QED) is 0.755. The fraction of sp³-hybridized carbons (Fsp3) is 0.353. The lowest BCUT2D eigenvalue weighted by molar-refractivity contribution is -0.121. The standard InChI is InChI=1S/C17H19N3O2S2/c1-4-10(15(18)21)20-12(5-2)19-16-14(17(20)22)13(9(3)24-16)11-7-6-8-23-11/h6-8,10H,4-5H2,1-3H3,(H2,18,21). The molecule has 0 aliphatic heterocycles. The van der Waals surface area contributed by atoms with Gasteiger partial charge < -0.3 is 5.73 Å². The van der Waals surface area contributed by atoms with Gasteiger partial charge in [-0.2, -0.15) is 0 Å². The van der Waals surface area contributed by atoms with Gasteiger partial charge in [-0.25, -0.2) is 4.98 Å². The summed E-state index contributed by atoms with van der Waals surface area (Å²) in [5.41, 5.74) is 6.29. The van der Waals surface area contributed by atoms with Crippen LogP contribution >= 0.6 is 22.7 Å². The Morgan fingerprint density at radius 1 is 1.42 bits per heavy atom. The minimum absolute atomic E-state index is 0.171. The van der Waals surface area contributed by atoms with Gasteiger partial charge >= 0.3 is 0 Å². The Kier molecular flexibility index (Phi) is 4.56. The van der Waals surface area contributed by atoms with E-state index in [1.165, 1.54) is 15.9 Å². The SMILES string of the molecule is CCc1nc2sc(C)c(-c3cccs3)c2c(=O)n1C(CC)C(N)=O. The van der Waals surface area contributed by atoms with Gasteiger partial charge in [0.05, 0.1) is 5.39 Å².